The third-order valence-corrected chi connectivity index (χ3v) is 3.94. The standard InChI is InChI=1S/C12H10N2O2S.ClH/c1-7-10(6-11(15)16)17-12-13-8-4-2-3-5-9(8)14(7)12;/h2-5H,6H2,1H3,(H,15,16);1H. The minimum Gasteiger partial charge on any atom is -0.481 e. The number of para-hydroxylation sites is 2. The predicted molar refractivity (Wildman–Crippen MR) is 73.9 cm³/mol. The Kier molecular flexibility index (Phi) is 3.28. The van der Waals surface area contributed by atoms with Crippen molar-refractivity contribution in [3.8, 4) is 0 Å². The van der Waals surface area contributed by atoms with Crippen LogP contribution in [0.25, 0.3) is 16.0 Å². The highest BCUT2D eigenvalue weighted by Gasteiger charge is 2.14. The van der Waals surface area contributed by atoms with Gasteiger partial charge in [-0.3, -0.25) is 9.20 Å². The van der Waals surface area contributed by atoms with Gasteiger partial charge in [-0.05, 0) is 19.1 Å². The van der Waals surface area contributed by atoms with E-state index in [2.05, 4.69) is 4.98 Å². The summed E-state index contributed by atoms with van der Waals surface area (Å²) in [5.41, 5.74) is 2.96. The van der Waals surface area contributed by atoms with Gasteiger partial charge in [0.2, 0.25) is 0 Å². The number of carboxylic acid groups (broad SMARTS) is 1. The van der Waals surface area contributed by atoms with E-state index in [9.17, 15) is 4.79 Å². The lowest BCUT2D eigenvalue weighted by Gasteiger charge is -1.96. The predicted octanol–water partition coefficient (Wildman–Crippen LogP) is 2.91. The zero-order valence-electron chi connectivity index (χ0n) is 9.58. The Balaban J connectivity index is 0.00000120. The number of rotatable bonds is 2. The molecule has 0 unspecified atom stereocenters. The highest BCUT2D eigenvalue weighted by atomic mass is 35.5. The number of aromatic nitrogens is 2. The van der Waals surface area contributed by atoms with Gasteiger partial charge >= 0.3 is 5.97 Å². The Bertz CT molecular complexity index is 732. The van der Waals surface area contributed by atoms with Gasteiger partial charge in [-0.1, -0.05) is 12.1 Å². The summed E-state index contributed by atoms with van der Waals surface area (Å²) in [4.78, 5) is 17.0. The summed E-state index contributed by atoms with van der Waals surface area (Å²) in [5.74, 6) is -0.804. The van der Waals surface area contributed by atoms with Crippen molar-refractivity contribution in [1.82, 2.24) is 9.38 Å². The van der Waals surface area contributed by atoms with Crippen LogP contribution in [0.2, 0.25) is 0 Å². The number of imidazole rings is 1. The molecule has 0 atom stereocenters. The average Bonchev–Trinajstić information content (AvgIpc) is 2.76. The molecule has 94 valence electrons. The fraction of sp³-hybridized carbons (Fsp3) is 0.167. The van der Waals surface area contributed by atoms with Crippen LogP contribution >= 0.6 is 23.7 Å². The Labute approximate surface area is 113 Å². The normalized spacial score (nSPS) is 10.7. The summed E-state index contributed by atoms with van der Waals surface area (Å²) in [6.45, 7) is 1.94. The maximum Gasteiger partial charge on any atom is 0.308 e. The van der Waals surface area contributed by atoms with Crippen molar-refractivity contribution in [2.75, 3.05) is 0 Å². The molecule has 0 bridgehead atoms. The Morgan fingerprint density at radius 1 is 1.44 bits per heavy atom. The largest absolute Gasteiger partial charge is 0.481 e. The van der Waals surface area contributed by atoms with Gasteiger partial charge in [0.05, 0.1) is 17.5 Å². The second kappa shape index (κ2) is 4.59. The molecule has 1 aromatic carbocycles. The van der Waals surface area contributed by atoms with E-state index < -0.39 is 5.97 Å². The first-order valence-corrected chi connectivity index (χ1v) is 6.05. The number of fused-ring (bicyclic) bond motifs is 3. The van der Waals surface area contributed by atoms with E-state index in [0.29, 0.717) is 0 Å². The molecule has 2 aromatic heterocycles. The Hall–Kier alpha value is -1.59. The quantitative estimate of drug-likeness (QED) is 0.786. The molecule has 0 saturated heterocycles. The molecule has 3 rings (SSSR count). The van der Waals surface area contributed by atoms with Gasteiger partial charge in [0.1, 0.15) is 0 Å². The third-order valence-electron chi connectivity index (χ3n) is 2.80. The highest BCUT2D eigenvalue weighted by Crippen LogP contribution is 2.27. The van der Waals surface area contributed by atoms with Crippen LogP contribution < -0.4 is 0 Å². The minimum atomic E-state index is -0.804. The highest BCUT2D eigenvalue weighted by molar-refractivity contribution is 7.17. The number of hydrogen-bond donors (Lipinski definition) is 1. The molecule has 0 aliphatic heterocycles. The fourth-order valence-corrected chi connectivity index (χ4v) is 3.13. The smallest absolute Gasteiger partial charge is 0.308 e. The molecule has 3 aromatic rings. The van der Waals surface area contributed by atoms with E-state index in [1.54, 1.807) is 0 Å². The van der Waals surface area contributed by atoms with Gasteiger partial charge in [0.15, 0.2) is 4.96 Å². The van der Waals surface area contributed by atoms with Crippen molar-refractivity contribution in [2.24, 2.45) is 0 Å². The van der Waals surface area contributed by atoms with Gasteiger partial charge in [0, 0.05) is 10.6 Å². The molecular formula is C12H11ClN2O2S. The minimum absolute atomic E-state index is 0. The molecule has 0 saturated carbocycles. The maximum atomic E-state index is 10.8. The lowest BCUT2D eigenvalue weighted by atomic mass is 10.3. The summed E-state index contributed by atoms with van der Waals surface area (Å²) in [6, 6.07) is 7.88. The zero-order chi connectivity index (χ0) is 12.0. The molecule has 0 fully saturated rings. The van der Waals surface area contributed by atoms with Gasteiger partial charge in [-0.25, -0.2) is 4.98 Å². The molecule has 0 spiro atoms. The van der Waals surface area contributed by atoms with Gasteiger partial charge in [0.25, 0.3) is 0 Å². The van der Waals surface area contributed by atoms with Gasteiger partial charge in [-0.15, -0.1) is 23.7 Å². The van der Waals surface area contributed by atoms with Crippen molar-refractivity contribution in [3.63, 3.8) is 0 Å². The van der Waals surface area contributed by atoms with Crippen molar-refractivity contribution in [2.45, 2.75) is 13.3 Å². The van der Waals surface area contributed by atoms with Crippen molar-refractivity contribution in [3.05, 3.63) is 34.8 Å². The molecular weight excluding hydrogens is 272 g/mol. The van der Waals surface area contributed by atoms with Crippen LogP contribution in [0.15, 0.2) is 24.3 Å². The molecule has 0 radical (unpaired) electrons. The van der Waals surface area contributed by atoms with Crippen LogP contribution in [-0.2, 0) is 11.2 Å². The van der Waals surface area contributed by atoms with E-state index in [0.717, 1.165) is 26.6 Å². The SMILES string of the molecule is Cc1c(CC(=O)O)sc2nc3ccccc3n12.Cl. The molecule has 18 heavy (non-hydrogen) atoms. The monoisotopic (exact) mass is 282 g/mol. The van der Waals surface area contributed by atoms with Gasteiger partial charge in [-0.2, -0.15) is 0 Å². The number of benzene rings is 1. The summed E-state index contributed by atoms with van der Waals surface area (Å²) in [7, 11) is 0. The number of halogens is 1. The lowest BCUT2D eigenvalue weighted by Crippen LogP contribution is -2.00. The van der Waals surface area contributed by atoms with E-state index in [1.807, 2.05) is 35.6 Å². The van der Waals surface area contributed by atoms with Crippen LogP contribution in [-0.4, -0.2) is 20.5 Å². The number of thiazole rings is 1. The topological polar surface area (TPSA) is 54.6 Å². The first-order chi connectivity index (χ1) is 8.16. The first-order valence-electron chi connectivity index (χ1n) is 5.24. The summed E-state index contributed by atoms with van der Waals surface area (Å²) < 4.78 is 2.03. The number of aliphatic carboxylic acids is 1. The van der Waals surface area contributed by atoms with Crippen LogP contribution in [0.4, 0.5) is 0 Å². The summed E-state index contributed by atoms with van der Waals surface area (Å²) in [5, 5.41) is 8.84. The molecule has 0 amide bonds. The first kappa shape index (κ1) is 12.9. The molecule has 4 nitrogen and oxygen atoms in total. The third kappa shape index (κ3) is 1.85. The van der Waals surface area contributed by atoms with E-state index in [-0.39, 0.29) is 18.8 Å². The van der Waals surface area contributed by atoms with E-state index >= 15 is 0 Å². The molecule has 2 heterocycles. The number of carboxylic acids is 1. The van der Waals surface area contributed by atoms with Crippen molar-refractivity contribution >= 4 is 45.7 Å². The fourth-order valence-electron chi connectivity index (χ4n) is 2.01. The molecule has 0 aliphatic rings. The number of carbonyl (C=O) groups is 1. The maximum absolute atomic E-state index is 10.8. The Morgan fingerprint density at radius 2 is 2.17 bits per heavy atom. The average molecular weight is 283 g/mol. The number of nitrogens with zero attached hydrogens (tertiary/aromatic N) is 2. The van der Waals surface area contributed by atoms with Crippen molar-refractivity contribution in [1.29, 1.82) is 0 Å². The Morgan fingerprint density at radius 3 is 2.89 bits per heavy atom. The molecule has 0 aliphatic carbocycles. The second-order valence-electron chi connectivity index (χ2n) is 3.90. The van der Waals surface area contributed by atoms with Crippen molar-refractivity contribution < 1.29 is 9.90 Å². The van der Waals surface area contributed by atoms with Crippen LogP contribution in [0.1, 0.15) is 10.6 Å². The lowest BCUT2D eigenvalue weighted by molar-refractivity contribution is -0.136. The molecule has 1 N–H and O–H groups in total. The van der Waals surface area contributed by atoms with E-state index in [4.69, 9.17) is 5.11 Å². The van der Waals surface area contributed by atoms with Crippen LogP contribution in [0.5, 0.6) is 0 Å². The zero-order valence-corrected chi connectivity index (χ0v) is 11.2. The molecule has 6 heteroatoms. The number of hydrogen-bond acceptors (Lipinski definition) is 3. The van der Waals surface area contributed by atoms with Crippen LogP contribution in [0.3, 0.4) is 0 Å². The number of aryl methyl sites for hydroxylation is 1. The second-order valence-corrected chi connectivity index (χ2v) is 4.96. The summed E-state index contributed by atoms with van der Waals surface area (Å²) in [6.07, 6.45) is 0.0637. The van der Waals surface area contributed by atoms with E-state index in [1.165, 1.54) is 11.3 Å². The van der Waals surface area contributed by atoms with Crippen LogP contribution in [0, 0.1) is 6.92 Å². The van der Waals surface area contributed by atoms with Gasteiger partial charge < -0.3 is 5.11 Å². The summed E-state index contributed by atoms with van der Waals surface area (Å²) >= 11 is 1.45.